The van der Waals surface area contributed by atoms with Gasteiger partial charge in [-0.3, -0.25) is 9.48 Å². The average Bonchev–Trinajstić information content (AvgIpc) is 3.39. The minimum atomic E-state index is -0.384. The summed E-state index contributed by atoms with van der Waals surface area (Å²) in [5.74, 6) is 0.0593. The smallest absolute Gasteiger partial charge is 0.259 e. The first kappa shape index (κ1) is 18.7. The first-order valence-electron chi connectivity index (χ1n) is 9.80. The summed E-state index contributed by atoms with van der Waals surface area (Å²) in [6, 6.07) is 3.19. The molecule has 0 saturated carbocycles. The second-order valence-electron chi connectivity index (χ2n) is 7.65. The summed E-state index contributed by atoms with van der Waals surface area (Å²) in [6.45, 7) is 4.90. The molecule has 4 aromatic rings. The zero-order chi connectivity index (χ0) is 21.0. The molecule has 3 aromatic heterocycles. The van der Waals surface area contributed by atoms with E-state index in [1.165, 1.54) is 13.2 Å². The molecule has 0 spiro atoms. The fourth-order valence-corrected chi connectivity index (χ4v) is 4.38. The number of aryl methyl sites for hydroxylation is 1. The molecule has 1 fully saturated rings. The van der Waals surface area contributed by atoms with Crippen LogP contribution >= 0.6 is 0 Å². The van der Waals surface area contributed by atoms with Gasteiger partial charge in [0.25, 0.3) is 5.56 Å². The Morgan fingerprint density at radius 2 is 2.10 bits per heavy atom. The van der Waals surface area contributed by atoms with Crippen molar-refractivity contribution in [2.75, 3.05) is 20.3 Å². The molecule has 0 radical (unpaired) electrons. The van der Waals surface area contributed by atoms with Gasteiger partial charge in [0, 0.05) is 29.3 Å². The molecule has 0 bridgehead atoms. The number of ether oxygens (including phenoxy) is 2. The van der Waals surface area contributed by atoms with Crippen molar-refractivity contribution in [3.05, 3.63) is 51.8 Å². The number of aromatic amines is 1. The number of rotatable bonds is 3. The Labute approximate surface area is 171 Å². The maximum absolute atomic E-state index is 15.4. The van der Waals surface area contributed by atoms with Crippen LogP contribution in [0.5, 0.6) is 5.88 Å². The van der Waals surface area contributed by atoms with Crippen molar-refractivity contribution < 1.29 is 13.9 Å². The number of pyridine rings is 2. The number of H-pyrrole nitrogens is 1. The number of nitrogens with zero attached hydrogens (tertiary/aromatic N) is 3. The highest BCUT2D eigenvalue weighted by molar-refractivity contribution is 6.04. The van der Waals surface area contributed by atoms with Crippen LogP contribution in [0.1, 0.15) is 23.6 Å². The normalized spacial score (nSPS) is 16.6. The largest absolute Gasteiger partial charge is 0.481 e. The quantitative estimate of drug-likeness (QED) is 0.559. The second kappa shape index (κ2) is 6.91. The van der Waals surface area contributed by atoms with Crippen LogP contribution in [0.25, 0.3) is 32.9 Å². The van der Waals surface area contributed by atoms with E-state index in [9.17, 15) is 4.79 Å². The highest BCUT2D eigenvalue weighted by Crippen LogP contribution is 2.36. The molecule has 30 heavy (non-hydrogen) atoms. The molecule has 1 atom stereocenters. The van der Waals surface area contributed by atoms with Crippen molar-refractivity contribution in [2.24, 2.45) is 0 Å². The van der Waals surface area contributed by atoms with E-state index in [-0.39, 0.29) is 17.4 Å². The average molecular weight is 408 g/mol. The third-order valence-electron chi connectivity index (χ3n) is 5.83. The Hall–Kier alpha value is -3.26. The number of hydrogen-bond acceptors (Lipinski definition) is 5. The molecule has 8 heteroatoms. The zero-order valence-electron chi connectivity index (χ0n) is 17.0. The van der Waals surface area contributed by atoms with E-state index in [1.807, 2.05) is 13.8 Å². The summed E-state index contributed by atoms with van der Waals surface area (Å²) < 4.78 is 28.0. The van der Waals surface area contributed by atoms with Gasteiger partial charge >= 0.3 is 0 Å². The van der Waals surface area contributed by atoms with E-state index in [0.717, 1.165) is 17.5 Å². The van der Waals surface area contributed by atoms with Crippen LogP contribution in [0, 0.1) is 19.7 Å². The number of aromatic nitrogens is 4. The Kier molecular flexibility index (Phi) is 4.32. The van der Waals surface area contributed by atoms with Gasteiger partial charge in [0.05, 0.1) is 42.4 Å². The van der Waals surface area contributed by atoms with E-state index >= 15 is 4.39 Å². The number of methoxy groups -OCH3 is 1. The lowest BCUT2D eigenvalue weighted by Gasteiger charge is -2.15. The van der Waals surface area contributed by atoms with E-state index in [2.05, 4.69) is 15.1 Å². The minimum absolute atomic E-state index is 0.0317. The third kappa shape index (κ3) is 2.71. The molecular formula is C22H21FN4O3. The van der Waals surface area contributed by atoms with Crippen LogP contribution in [-0.2, 0) is 4.74 Å². The lowest BCUT2D eigenvalue weighted by molar-refractivity contribution is 0.185. The lowest BCUT2D eigenvalue weighted by atomic mass is 9.95. The van der Waals surface area contributed by atoms with Crippen LogP contribution in [0.2, 0.25) is 0 Å². The predicted octanol–water partition coefficient (Wildman–Crippen LogP) is 3.67. The molecule has 7 nitrogen and oxygen atoms in total. The van der Waals surface area contributed by atoms with Crippen molar-refractivity contribution in [1.82, 2.24) is 19.7 Å². The Bertz CT molecular complexity index is 1350. The van der Waals surface area contributed by atoms with E-state index in [4.69, 9.17) is 9.47 Å². The molecule has 154 valence electrons. The van der Waals surface area contributed by atoms with Crippen LogP contribution in [-0.4, -0.2) is 40.1 Å². The fourth-order valence-electron chi connectivity index (χ4n) is 4.38. The molecule has 1 aromatic carbocycles. The second-order valence-corrected chi connectivity index (χ2v) is 7.65. The highest BCUT2D eigenvalue weighted by Gasteiger charge is 2.24. The van der Waals surface area contributed by atoms with Gasteiger partial charge in [0.1, 0.15) is 5.82 Å². The number of benzene rings is 1. The Morgan fingerprint density at radius 1 is 1.27 bits per heavy atom. The standard InChI is InChI=1S/C22H21FN4O3/c1-11-8-24-22(29-3)12(2)19(11)14-7-18-15(6-17(14)23)20-16(21(28)26-18)9-25-27(20)13-4-5-30-10-13/h6-9,13H,4-5,10H2,1-3H3,(H,26,28)/t13-/m1/s1. The molecule has 1 N–H and O–H groups in total. The Balaban J connectivity index is 1.81. The minimum Gasteiger partial charge on any atom is -0.481 e. The first-order valence-corrected chi connectivity index (χ1v) is 9.80. The van der Waals surface area contributed by atoms with Crippen molar-refractivity contribution in [2.45, 2.75) is 26.3 Å². The summed E-state index contributed by atoms with van der Waals surface area (Å²) in [6.07, 6.45) is 4.01. The lowest BCUT2D eigenvalue weighted by Crippen LogP contribution is -2.12. The molecular weight excluding hydrogens is 387 g/mol. The van der Waals surface area contributed by atoms with Gasteiger partial charge < -0.3 is 14.5 Å². The molecule has 0 unspecified atom stereocenters. The van der Waals surface area contributed by atoms with Gasteiger partial charge in [-0.2, -0.15) is 5.10 Å². The van der Waals surface area contributed by atoms with Crippen molar-refractivity contribution >= 4 is 21.8 Å². The van der Waals surface area contributed by atoms with Crippen LogP contribution < -0.4 is 10.3 Å². The van der Waals surface area contributed by atoms with Crippen LogP contribution in [0.4, 0.5) is 4.39 Å². The van der Waals surface area contributed by atoms with Crippen LogP contribution in [0.15, 0.2) is 29.3 Å². The molecule has 5 rings (SSSR count). The summed E-state index contributed by atoms with van der Waals surface area (Å²) in [5.41, 5.74) is 3.61. The van der Waals surface area contributed by atoms with Gasteiger partial charge in [-0.15, -0.1) is 0 Å². The molecule has 1 aliphatic rings. The van der Waals surface area contributed by atoms with Crippen molar-refractivity contribution in [3.63, 3.8) is 0 Å². The van der Waals surface area contributed by atoms with Gasteiger partial charge in [-0.1, -0.05) is 0 Å². The van der Waals surface area contributed by atoms with Gasteiger partial charge in [0.2, 0.25) is 5.88 Å². The SMILES string of the molecule is COc1ncc(C)c(-c2cc3[nH]c(=O)c4cnn([C@@H]5CCOC5)c4c3cc2F)c1C. The molecule has 0 aliphatic carbocycles. The maximum atomic E-state index is 15.4. The monoisotopic (exact) mass is 408 g/mol. The Morgan fingerprint density at radius 3 is 2.83 bits per heavy atom. The number of nitrogens with one attached hydrogen (secondary N) is 1. The molecule has 1 aliphatic heterocycles. The van der Waals surface area contributed by atoms with Gasteiger partial charge in [-0.25, -0.2) is 9.37 Å². The molecule has 4 heterocycles. The predicted molar refractivity (Wildman–Crippen MR) is 112 cm³/mol. The summed E-state index contributed by atoms with van der Waals surface area (Å²) in [5, 5.41) is 5.48. The van der Waals surface area contributed by atoms with E-state index in [1.54, 1.807) is 23.1 Å². The molecule has 1 saturated heterocycles. The van der Waals surface area contributed by atoms with Gasteiger partial charge in [0.15, 0.2) is 0 Å². The fraction of sp³-hybridized carbons (Fsp3) is 0.318. The number of hydrogen-bond donors (Lipinski definition) is 1. The van der Waals surface area contributed by atoms with Crippen LogP contribution in [0.3, 0.4) is 0 Å². The highest BCUT2D eigenvalue weighted by atomic mass is 19.1. The summed E-state index contributed by atoms with van der Waals surface area (Å²) in [7, 11) is 1.54. The number of fused-ring (bicyclic) bond motifs is 3. The third-order valence-corrected chi connectivity index (χ3v) is 5.83. The van der Waals surface area contributed by atoms with E-state index < -0.39 is 0 Å². The summed E-state index contributed by atoms with van der Waals surface area (Å²) in [4.78, 5) is 19.9. The molecule has 0 amide bonds. The topological polar surface area (TPSA) is 82.0 Å². The maximum Gasteiger partial charge on any atom is 0.259 e. The van der Waals surface area contributed by atoms with E-state index in [0.29, 0.717) is 52.0 Å². The first-order chi connectivity index (χ1) is 14.5. The number of halogens is 1. The van der Waals surface area contributed by atoms with Gasteiger partial charge in [-0.05, 0) is 43.5 Å². The van der Waals surface area contributed by atoms with Crippen molar-refractivity contribution in [1.29, 1.82) is 0 Å². The summed E-state index contributed by atoms with van der Waals surface area (Å²) >= 11 is 0. The van der Waals surface area contributed by atoms with Crippen molar-refractivity contribution in [3.8, 4) is 17.0 Å². The zero-order valence-corrected chi connectivity index (χ0v) is 17.0.